The third-order valence-corrected chi connectivity index (χ3v) is 4.00. The minimum absolute atomic E-state index is 0.248. The highest BCUT2D eigenvalue weighted by Crippen LogP contribution is 2.36. The highest BCUT2D eigenvalue weighted by atomic mass is 79.9. The molecule has 0 amide bonds. The number of benzene rings is 1. The lowest BCUT2D eigenvalue weighted by molar-refractivity contribution is -0.137. The van der Waals surface area contributed by atoms with Gasteiger partial charge >= 0.3 is 6.18 Å². The molecule has 1 aromatic heterocycles. The standard InChI is InChI=1S/C11H8BrF4N3S/c12-6-1-5(2-7(13)3-6)9(19-17)8-4-18-10(20-8)11(14,15)16/h1-4,9,19H,17H2. The second-order valence-corrected chi connectivity index (χ2v) is 5.85. The predicted molar refractivity (Wildman–Crippen MR) is 70.4 cm³/mol. The lowest BCUT2D eigenvalue weighted by Gasteiger charge is -2.14. The maximum atomic E-state index is 13.3. The number of hydrogen-bond acceptors (Lipinski definition) is 4. The van der Waals surface area contributed by atoms with Crippen molar-refractivity contribution >= 4 is 27.3 Å². The Hall–Kier alpha value is -1.03. The molecule has 0 fully saturated rings. The van der Waals surface area contributed by atoms with Gasteiger partial charge in [-0.2, -0.15) is 13.2 Å². The molecule has 20 heavy (non-hydrogen) atoms. The molecule has 0 aliphatic heterocycles. The Balaban J connectivity index is 2.39. The van der Waals surface area contributed by atoms with Crippen molar-refractivity contribution in [1.29, 1.82) is 0 Å². The predicted octanol–water partition coefficient (Wildman–Crippen LogP) is 3.62. The molecule has 0 saturated carbocycles. The van der Waals surface area contributed by atoms with E-state index in [1.807, 2.05) is 0 Å². The summed E-state index contributed by atoms with van der Waals surface area (Å²) in [4.78, 5) is 3.57. The van der Waals surface area contributed by atoms with E-state index in [1.54, 1.807) is 6.07 Å². The first kappa shape index (κ1) is 15.4. The molecule has 0 aliphatic carbocycles. The zero-order valence-electron chi connectivity index (χ0n) is 9.71. The first-order valence-corrected chi connectivity index (χ1v) is 6.87. The normalized spacial score (nSPS) is 13.5. The van der Waals surface area contributed by atoms with Gasteiger partial charge in [0, 0.05) is 15.5 Å². The van der Waals surface area contributed by atoms with Gasteiger partial charge in [-0.15, -0.1) is 11.3 Å². The average molecular weight is 370 g/mol. The van der Waals surface area contributed by atoms with Crippen LogP contribution in [0.5, 0.6) is 0 Å². The quantitative estimate of drug-likeness (QED) is 0.493. The van der Waals surface area contributed by atoms with Gasteiger partial charge in [-0.25, -0.2) is 14.8 Å². The molecule has 1 aromatic carbocycles. The van der Waals surface area contributed by atoms with Gasteiger partial charge in [-0.1, -0.05) is 15.9 Å². The van der Waals surface area contributed by atoms with E-state index < -0.39 is 23.0 Å². The summed E-state index contributed by atoms with van der Waals surface area (Å²) >= 11 is 3.58. The lowest BCUT2D eigenvalue weighted by Crippen LogP contribution is -2.28. The number of hydrogen-bond donors (Lipinski definition) is 2. The number of nitrogens with two attached hydrogens (primary N) is 1. The Morgan fingerprint density at radius 2 is 2.00 bits per heavy atom. The Bertz CT molecular complexity index is 594. The third-order valence-electron chi connectivity index (χ3n) is 2.44. The number of aromatic nitrogens is 1. The number of hydrazine groups is 1. The molecule has 1 heterocycles. The van der Waals surface area contributed by atoms with E-state index in [0.717, 1.165) is 6.20 Å². The molecule has 0 saturated heterocycles. The van der Waals surface area contributed by atoms with Gasteiger partial charge in [0.2, 0.25) is 0 Å². The first-order chi connectivity index (χ1) is 9.31. The van der Waals surface area contributed by atoms with E-state index in [2.05, 4.69) is 26.3 Å². The van der Waals surface area contributed by atoms with Crippen LogP contribution in [0.1, 0.15) is 21.5 Å². The number of halogens is 5. The molecule has 0 aliphatic rings. The summed E-state index contributed by atoms with van der Waals surface area (Å²) < 4.78 is 51.4. The average Bonchev–Trinajstić information content (AvgIpc) is 2.77. The minimum Gasteiger partial charge on any atom is -0.271 e. The van der Waals surface area contributed by atoms with Crippen molar-refractivity contribution in [2.75, 3.05) is 0 Å². The topological polar surface area (TPSA) is 50.9 Å². The Kier molecular flexibility index (Phi) is 4.43. The molecule has 1 atom stereocenters. The molecule has 9 heteroatoms. The number of nitrogens with one attached hydrogen (secondary N) is 1. The van der Waals surface area contributed by atoms with Crippen molar-refractivity contribution in [3.8, 4) is 0 Å². The zero-order valence-corrected chi connectivity index (χ0v) is 12.1. The van der Waals surface area contributed by atoms with Crippen LogP contribution in [0.15, 0.2) is 28.9 Å². The van der Waals surface area contributed by atoms with Gasteiger partial charge in [-0.3, -0.25) is 5.84 Å². The van der Waals surface area contributed by atoms with Crippen molar-refractivity contribution in [3.05, 3.63) is 50.1 Å². The molecule has 0 bridgehead atoms. The van der Waals surface area contributed by atoms with Crippen LogP contribution >= 0.6 is 27.3 Å². The van der Waals surface area contributed by atoms with Gasteiger partial charge in [0.1, 0.15) is 5.82 Å². The molecule has 0 spiro atoms. The van der Waals surface area contributed by atoms with Crippen molar-refractivity contribution in [3.63, 3.8) is 0 Å². The maximum Gasteiger partial charge on any atom is 0.443 e. The molecular formula is C11H8BrF4N3S. The van der Waals surface area contributed by atoms with Crippen LogP contribution in [0.3, 0.4) is 0 Å². The summed E-state index contributed by atoms with van der Waals surface area (Å²) in [7, 11) is 0. The van der Waals surface area contributed by atoms with Crippen molar-refractivity contribution in [1.82, 2.24) is 10.4 Å². The largest absolute Gasteiger partial charge is 0.443 e. The smallest absolute Gasteiger partial charge is 0.271 e. The van der Waals surface area contributed by atoms with Gasteiger partial charge < -0.3 is 0 Å². The van der Waals surface area contributed by atoms with Gasteiger partial charge in [0.15, 0.2) is 5.01 Å². The summed E-state index contributed by atoms with van der Waals surface area (Å²) in [5.41, 5.74) is 2.77. The maximum absolute atomic E-state index is 13.3. The summed E-state index contributed by atoms with van der Waals surface area (Å²) in [5.74, 6) is 4.85. The van der Waals surface area contributed by atoms with Gasteiger partial charge in [0.25, 0.3) is 0 Å². The number of thiazole rings is 1. The fraction of sp³-hybridized carbons (Fsp3) is 0.182. The van der Waals surface area contributed by atoms with E-state index in [4.69, 9.17) is 5.84 Å². The van der Waals surface area contributed by atoms with Crippen LogP contribution in [0.25, 0.3) is 0 Å². The van der Waals surface area contributed by atoms with Crippen LogP contribution in [0.2, 0.25) is 0 Å². The summed E-state index contributed by atoms with van der Waals surface area (Å²) in [6, 6.07) is 3.24. The molecule has 3 nitrogen and oxygen atoms in total. The minimum atomic E-state index is -4.51. The molecule has 3 N–H and O–H groups in total. The first-order valence-electron chi connectivity index (χ1n) is 5.26. The number of alkyl halides is 3. The van der Waals surface area contributed by atoms with Crippen LogP contribution in [-0.2, 0) is 6.18 Å². The Morgan fingerprint density at radius 3 is 2.50 bits per heavy atom. The van der Waals surface area contributed by atoms with Gasteiger partial charge in [-0.05, 0) is 23.8 Å². The van der Waals surface area contributed by atoms with E-state index in [9.17, 15) is 17.6 Å². The molecule has 1 unspecified atom stereocenters. The van der Waals surface area contributed by atoms with Crippen molar-refractivity contribution in [2.45, 2.75) is 12.2 Å². The molecular weight excluding hydrogens is 362 g/mol. The monoisotopic (exact) mass is 369 g/mol. The van der Waals surface area contributed by atoms with Crippen molar-refractivity contribution in [2.24, 2.45) is 5.84 Å². The molecule has 2 rings (SSSR count). The second-order valence-electron chi connectivity index (χ2n) is 3.87. The fourth-order valence-electron chi connectivity index (χ4n) is 1.64. The zero-order chi connectivity index (χ0) is 14.9. The summed E-state index contributed by atoms with van der Waals surface area (Å²) in [6.07, 6.45) is -3.43. The van der Waals surface area contributed by atoms with Crippen LogP contribution in [0, 0.1) is 5.82 Å². The molecule has 108 valence electrons. The van der Waals surface area contributed by atoms with Crippen LogP contribution < -0.4 is 11.3 Å². The Labute approximate surface area is 123 Å². The Morgan fingerprint density at radius 1 is 1.30 bits per heavy atom. The third kappa shape index (κ3) is 3.35. The van der Waals surface area contributed by atoms with E-state index >= 15 is 0 Å². The lowest BCUT2D eigenvalue weighted by atomic mass is 10.1. The van der Waals surface area contributed by atoms with Crippen LogP contribution in [0.4, 0.5) is 17.6 Å². The highest BCUT2D eigenvalue weighted by Gasteiger charge is 2.35. The summed E-state index contributed by atoms with van der Waals surface area (Å²) in [6.45, 7) is 0. The fourth-order valence-corrected chi connectivity index (χ4v) is 2.99. The number of rotatable bonds is 3. The number of nitrogens with zero attached hydrogens (tertiary/aromatic N) is 1. The van der Waals surface area contributed by atoms with E-state index in [0.29, 0.717) is 21.4 Å². The molecule has 0 radical (unpaired) electrons. The van der Waals surface area contributed by atoms with Crippen molar-refractivity contribution < 1.29 is 17.6 Å². The second kappa shape index (κ2) is 5.76. The molecule has 2 aromatic rings. The SMILES string of the molecule is NNC(c1cc(F)cc(Br)c1)c1cnc(C(F)(F)F)s1. The van der Waals surface area contributed by atoms with E-state index in [1.165, 1.54) is 12.1 Å². The summed E-state index contributed by atoms with van der Waals surface area (Å²) in [5, 5.41) is -0.969. The van der Waals surface area contributed by atoms with Crippen LogP contribution in [-0.4, -0.2) is 4.98 Å². The van der Waals surface area contributed by atoms with Gasteiger partial charge in [0.05, 0.1) is 6.04 Å². The van der Waals surface area contributed by atoms with E-state index in [-0.39, 0.29) is 4.88 Å². The highest BCUT2D eigenvalue weighted by molar-refractivity contribution is 9.10.